The van der Waals surface area contributed by atoms with Crippen molar-refractivity contribution in [3.05, 3.63) is 47.8 Å². The van der Waals surface area contributed by atoms with Crippen LogP contribution >= 0.6 is 0 Å². The average Bonchev–Trinajstić information content (AvgIpc) is 2.40. The number of hydrogen-bond acceptors (Lipinski definition) is 3. The molecule has 0 bridgehead atoms. The van der Waals surface area contributed by atoms with E-state index in [-0.39, 0.29) is 22.6 Å². The first-order valence-electron chi connectivity index (χ1n) is 5.84. The first-order chi connectivity index (χ1) is 9.77. The first-order valence-corrected chi connectivity index (χ1v) is 5.84. The SMILES string of the molecule is O=C(O)Cc1ncc(-c2cccc(C(F)(F)F)c2)cc1O. The van der Waals surface area contributed by atoms with Crippen molar-refractivity contribution < 1.29 is 28.2 Å². The van der Waals surface area contributed by atoms with Gasteiger partial charge in [0.05, 0.1) is 17.7 Å². The highest BCUT2D eigenvalue weighted by Gasteiger charge is 2.30. The molecule has 0 saturated heterocycles. The van der Waals surface area contributed by atoms with Gasteiger partial charge in [0.25, 0.3) is 0 Å². The summed E-state index contributed by atoms with van der Waals surface area (Å²) in [5.41, 5.74) is -0.352. The second-order valence-electron chi connectivity index (χ2n) is 4.34. The Labute approximate surface area is 117 Å². The molecule has 2 N–H and O–H groups in total. The number of halogens is 3. The summed E-state index contributed by atoms with van der Waals surface area (Å²) in [5, 5.41) is 18.3. The number of pyridine rings is 1. The molecule has 0 saturated carbocycles. The Morgan fingerprint density at radius 1 is 1.19 bits per heavy atom. The minimum atomic E-state index is -4.46. The minimum absolute atomic E-state index is 0.0433. The molecule has 0 aliphatic rings. The molecule has 0 aliphatic carbocycles. The van der Waals surface area contributed by atoms with Gasteiger partial charge in [-0.3, -0.25) is 9.78 Å². The van der Waals surface area contributed by atoms with E-state index >= 15 is 0 Å². The molecule has 1 heterocycles. The lowest BCUT2D eigenvalue weighted by atomic mass is 10.0. The topological polar surface area (TPSA) is 70.4 Å². The molecule has 2 aromatic rings. The smallest absolute Gasteiger partial charge is 0.416 e. The van der Waals surface area contributed by atoms with E-state index in [1.807, 2.05) is 0 Å². The van der Waals surface area contributed by atoms with Crippen molar-refractivity contribution in [1.29, 1.82) is 0 Å². The Kier molecular flexibility index (Phi) is 3.84. The van der Waals surface area contributed by atoms with Crippen molar-refractivity contribution in [2.75, 3.05) is 0 Å². The van der Waals surface area contributed by atoms with Gasteiger partial charge in [0.2, 0.25) is 0 Å². The van der Waals surface area contributed by atoms with Gasteiger partial charge in [0.1, 0.15) is 5.75 Å². The highest BCUT2D eigenvalue weighted by Crippen LogP contribution is 2.33. The van der Waals surface area contributed by atoms with E-state index in [1.54, 1.807) is 0 Å². The second-order valence-corrected chi connectivity index (χ2v) is 4.34. The molecule has 0 amide bonds. The number of carboxylic acids is 1. The molecular formula is C14H10F3NO3. The summed E-state index contributed by atoms with van der Waals surface area (Å²) < 4.78 is 37.9. The normalized spacial score (nSPS) is 11.4. The van der Waals surface area contributed by atoms with Crippen LogP contribution in [-0.2, 0) is 17.4 Å². The third-order valence-electron chi connectivity index (χ3n) is 2.79. The number of rotatable bonds is 3. The number of carboxylic acid groups (broad SMARTS) is 1. The molecule has 21 heavy (non-hydrogen) atoms. The van der Waals surface area contributed by atoms with Gasteiger partial charge in [-0.2, -0.15) is 13.2 Å². The predicted octanol–water partition coefficient (Wildman–Crippen LogP) is 3.10. The molecule has 4 nitrogen and oxygen atoms in total. The van der Waals surface area contributed by atoms with E-state index in [0.29, 0.717) is 0 Å². The number of nitrogens with zero attached hydrogens (tertiary/aromatic N) is 1. The van der Waals surface area contributed by atoms with Crippen LogP contribution in [0.15, 0.2) is 36.5 Å². The highest BCUT2D eigenvalue weighted by molar-refractivity contribution is 5.72. The predicted molar refractivity (Wildman–Crippen MR) is 67.7 cm³/mol. The Morgan fingerprint density at radius 3 is 2.48 bits per heavy atom. The van der Waals surface area contributed by atoms with Crippen LogP contribution in [-0.4, -0.2) is 21.2 Å². The number of aromatic nitrogens is 1. The van der Waals surface area contributed by atoms with Gasteiger partial charge >= 0.3 is 12.1 Å². The standard InChI is InChI=1S/C14H10F3NO3/c15-14(16,17)10-3-1-2-8(4-10)9-5-12(19)11(18-7-9)6-13(20)21/h1-5,7,19H,6H2,(H,20,21). The minimum Gasteiger partial charge on any atom is -0.506 e. The maximum Gasteiger partial charge on any atom is 0.416 e. The lowest BCUT2D eigenvalue weighted by Gasteiger charge is -2.09. The number of benzene rings is 1. The van der Waals surface area contributed by atoms with Crippen molar-refractivity contribution in [3.63, 3.8) is 0 Å². The van der Waals surface area contributed by atoms with Gasteiger partial charge in [0, 0.05) is 11.8 Å². The van der Waals surface area contributed by atoms with E-state index in [4.69, 9.17) is 5.11 Å². The molecule has 110 valence electrons. The summed E-state index contributed by atoms with van der Waals surface area (Å²) in [7, 11) is 0. The lowest BCUT2D eigenvalue weighted by Crippen LogP contribution is -2.05. The number of aliphatic carboxylic acids is 1. The van der Waals surface area contributed by atoms with E-state index in [0.717, 1.165) is 12.1 Å². The average molecular weight is 297 g/mol. The molecule has 0 spiro atoms. The molecule has 1 aromatic heterocycles. The molecule has 0 fully saturated rings. The molecule has 0 unspecified atom stereocenters. The summed E-state index contributed by atoms with van der Waals surface area (Å²) in [5.74, 6) is -1.53. The fourth-order valence-corrected chi connectivity index (χ4v) is 1.79. The van der Waals surface area contributed by atoms with Crippen LogP contribution in [0.4, 0.5) is 13.2 Å². The maximum absolute atomic E-state index is 12.6. The number of carbonyl (C=O) groups is 1. The van der Waals surface area contributed by atoms with Gasteiger partial charge in [0.15, 0.2) is 0 Å². The van der Waals surface area contributed by atoms with Gasteiger partial charge in [-0.15, -0.1) is 0 Å². The fourth-order valence-electron chi connectivity index (χ4n) is 1.79. The highest BCUT2D eigenvalue weighted by atomic mass is 19.4. The van der Waals surface area contributed by atoms with Crippen molar-refractivity contribution in [2.24, 2.45) is 0 Å². The van der Waals surface area contributed by atoms with E-state index in [2.05, 4.69) is 4.98 Å². The maximum atomic E-state index is 12.6. The molecule has 0 atom stereocenters. The first kappa shape index (κ1) is 14.8. The zero-order valence-corrected chi connectivity index (χ0v) is 10.6. The molecular weight excluding hydrogens is 287 g/mol. The third kappa shape index (κ3) is 3.50. The van der Waals surface area contributed by atoms with Crippen LogP contribution in [0.25, 0.3) is 11.1 Å². The van der Waals surface area contributed by atoms with Crippen molar-refractivity contribution in [1.82, 2.24) is 4.98 Å². The summed E-state index contributed by atoms with van der Waals surface area (Å²) in [6.07, 6.45) is -3.70. The van der Waals surface area contributed by atoms with Gasteiger partial charge in [-0.25, -0.2) is 0 Å². The quantitative estimate of drug-likeness (QED) is 0.913. The van der Waals surface area contributed by atoms with Crippen LogP contribution in [0.5, 0.6) is 5.75 Å². The Bertz CT molecular complexity index is 683. The Balaban J connectivity index is 2.39. The Hall–Kier alpha value is -2.57. The van der Waals surface area contributed by atoms with Gasteiger partial charge in [-0.05, 0) is 23.8 Å². The summed E-state index contributed by atoms with van der Waals surface area (Å²) in [6.45, 7) is 0. The van der Waals surface area contributed by atoms with Crippen LogP contribution in [0.3, 0.4) is 0 Å². The van der Waals surface area contributed by atoms with Crippen LogP contribution < -0.4 is 0 Å². The fraction of sp³-hybridized carbons (Fsp3) is 0.143. The number of aromatic hydroxyl groups is 1. The third-order valence-corrected chi connectivity index (χ3v) is 2.79. The number of alkyl halides is 3. The molecule has 2 rings (SSSR count). The summed E-state index contributed by atoms with van der Waals surface area (Å²) in [4.78, 5) is 14.3. The van der Waals surface area contributed by atoms with E-state index in [9.17, 15) is 23.1 Å². The van der Waals surface area contributed by atoms with E-state index in [1.165, 1.54) is 24.4 Å². The zero-order chi connectivity index (χ0) is 15.6. The van der Waals surface area contributed by atoms with E-state index < -0.39 is 24.1 Å². The van der Waals surface area contributed by atoms with Crippen molar-refractivity contribution in [3.8, 4) is 16.9 Å². The Morgan fingerprint density at radius 2 is 1.90 bits per heavy atom. The monoisotopic (exact) mass is 297 g/mol. The zero-order valence-electron chi connectivity index (χ0n) is 10.6. The molecule has 1 aromatic carbocycles. The largest absolute Gasteiger partial charge is 0.506 e. The van der Waals surface area contributed by atoms with Crippen LogP contribution in [0.2, 0.25) is 0 Å². The summed E-state index contributed by atoms with van der Waals surface area (Å²) in [6, 6.07) is 5.77. The summed E-state index contributed by atoms with van der Waals surface area (Å²) >= 11 is 0. The molecule has 0 aliphatic heterocycles. The van der Waals surface area contributed by atoms with Crippen molar-refractivity contribution in [2.45, 2.75) is 12.6 Å². The van der Waals surface area contributed by atoms with Crippen LogP contribution in [0, 0.1) is 0 Å². The lowest BCUT2D eigenvalue weighted by molar-refractivity contribution is -0.138. The second kappa shape index (κ2) is 5.43. The van der Waals surface area contributed by atoms with Gasteiger partial charge < -0.3 is 10.2 Å². The van der Waals surface area contributed by atoms with Gasteiger partial charge in [-0.1, -0.05) is 12.1 Å². The van der Waals surface area contributed by atoms with Crippen LogP contribution in [0.1, 0.15) is 11.3 Å². The molecule has 7 heteroatoms. The van der Waals surface area contributed by atoms with Crippen molar-refractivity contribution >= 4 is 5.97 Å². The molecule has 0 radical (unpaired) electrons. The number of hydrogen-bond donors (Lipinski definition) is 2.